The van der Waals surface area contributed by atoms with Crippen LogP contribution in [0.4, 0.5) is 34.1 Å². The molecular formula is C70H56N2O. The van der Waals surface area contributed by atoms with Crippen LogP contribution < -0.4 is 14.5 Å². The van der Waals surface area contributed by atoms with Crippen LogP contribution in [0.15, 0.2) is 224 Å². The Hall–Kier alpha value is -8.66. The summed E-state index contributed by atoms with van der Waals surface area (Å²) in [6, 6.07) is 83.5. The highest BCUT2D eigenvalue weighted by molar-refractivity contribution is 6.47. The highest BCUT2D eigenvalue weighted by atomic mass is 16.5. The Bertz CT molecular complexity index is 4000. The number of hydrogen-bond donors (Lipinski definition) is 0. The van der Waals surface area contributed by atoms with E-state index in [1.807, 2.05) is 0 Å². The van der Waals surface area contributed by atoms with Crippen molar-refractivity contribution in [2.45, 2.75) is 53.1 Å². The third kappa shape index (κ3) is 7.25. The van der Waals surface area contributed by atoms with Gasteiger partial charge in [0.15, 0.2) is 0 Å². The molecule has 0 aliphatic rings. The summed E-state index contributed by atoms with van der Waals surface area (Å²) in [5, 5.41) is 15.2. The molecule has 0 aromatic heterocycles. The topological polar surface area (TPSA) is 15.7 Å². The van der Waals surface area contributed by atoms with Crippen LogP contribution in [0.5, 0.6) is 5.75 Å². The lowest BCUT2D eigenvalue weighted by Crippen LogP contribution is -2.12. The molecule has 3 heteroatoms. The van der Waals surface area contributed by atoms with Crippen LogP contribution in [-0.4, -0.2) is 6.10 Å². The Kier molecular flexibility index (Phi) is 11.0. The first-order valence-corrected chi connectivity index (χ1v) is 26.1. The van der Waals surface area contributed by atoms with Crippen LogP contribution in [0, 0.1) is 0 Å². The fourth-order valence-electron chi connectivity index (χ4n) is 11.8. The number of hydrogen-bond acceptors (Lipinski definition) is 3. The van der Waals surface area contributed by atoms with Gasteiger partial charge in [-0.15, -0.1) is 0 Å². The van der Waals surface area contributed by atoms with Crippen LogP contribution in [0.2, 0.25) is 0 Å². The van der Waals surface area contributed by atoms with Gasteiger partial charge in [-0.25, -0.2) is 0 Å². The van der Waals surface area contributed by atoms with Crippen LogP contribution in [0.1, 0.15) is 45.2 Å². The zero-order valence-electron chi connectivity index (χ0n) is 41.9. The van der Waals surface area contributed by atoms with Gasteiger partial charge in [-0.3, -0.25) is 0 Å². The number of ether oxygens (including phenoxy) is 1. The minimum Gasteiger partial charge on any atom is -0.491 e. The van der Waals surface area contributed by atoms with E-state index in [4.69, 9.17) is 4.74 Å². The molecule has 0 aliphatic heterocycles. The number of rotatable bonds is 13. The smallest absolute Gasteiger partial charge is 0.119 e. The summed E-state index contributed by atoms with van der Waals surface area (Å²) < 4.78 is 6.29. The van der Waals surface area contributed by atoms with Gasteiger partial charge >= 0.3 is 0 Å². The molecule has 1 atom stereocenters. The lowest BCUT2D eigenvalue weighted by Gasteiger charge is -2.27. The predicted octanol–water partition coefficient (Wildman–Crippen LogP) is 20.1. The zero-order chi connectivity index (χ0) is 49.2. The average Bonchev–Trinajstić information content (AvgIpc) is 3.98. The van der Waals surface area contributed by atoms with Crippen molar-refractivity contribution < 1.29 is 4.74 Å². The van der Waals surface area contributed by atoms with Gasteiger partial charge in [-0.1, -0.05) is 172 Å². The standard InChI is InChI=1S/C70H56N2O/c1-5-45(4)73-54-39-37-53(38-40-54)72(52-35-31-47(7-3)32-36-52)62-44-42-60-66-56(62)26-18-28-58(66)68-64(49-21-13-9-14-22-49)69-59-41-43-61(71(50-23-15-10-16-24-50)51-33-29-46(6-2)30-34-51)55-25-17-27-57(65(55)59)67(69)63(70(60)68)48-19-11-8-12-20-48/h8-45H,5-7H2,1-4H3. The summed E-state index contributed by atoms with van der Waals surface area (Å²) in [4.78, 5) is 4.87. The quantitative estimate of drug-likeness (QED) is 0.115. The maximum absolute atomic E-state index is 6.29. The Morgan fingerprint density at radius 3 is 1.08 bits per heavy atom. The molecule has 73 heavy (non-hydrogen) atoms. The van der Waals surface area contributed by atoms with E-state index in [2.05, 4.69) is 262 Å². The number of nitrogens with zero attached hydrogens (tertiary/aromatic N) is 2. The van der Waals surface area contributed by atoms with Crippen molar-refractivity contribution in [3.05, 3.63) is 236 Å². The number of para-hydroxylation sites is 1. The monoisotopic (exact) mass is 940 g/mol. The highest BCUT2D eigenvalue weighted by Crippen LogP contribution is 2.57. The second kappa shape index (κ2) is 18.2. The van der Waals surface area contributed by atoms with Gasteiger partial charge in [0.05, 0.1) is 17.5 Å². The van der Waals surface area contributed by atoms with Gasteiger partial charge in [0, 0.05) is 33.5 Å². The summed E-state index contributed by atoms with van der Waals surface area (Å²) in [6.45, 7) is 8.73. The number of anilines is 6. The number of benzene rings is 11. The molecule has 0 bridgehead atoms. The van der Waals surface area contributed by atoms with Crippen molar-refractivity contribution in [2.75, 3.05) is 9.80 Å². The van der Waals surface area contributed by atoms with Gasteiger partial charge in [-0.05, 0) is 186 Å². The molecule has 0 heterocycles. The first kappa shape index (κ1) is 44.3. The molecule has 0 saturated carbocycles. The number of aryl methyl sites for hydroxylation is 2. The summed E-state index contributed by atoms with van der Waals surface area (Å²) in [7, 11) is 0. The Balaban J connectivity index is 1.14. The fraction of sp³-hybridized carbons (Fsp3) is 0.114. The molecule has 13 aromatic rings. The molecule has 0 saturated heterocycles. The van der Waals surface area contributed by atoms with E-state index < -0.39 is 0 Å². The Morgan fingerprint density at radius 2 is 0.685 bits per heavy atom. The van der Waals surface area contributed by atoms with Gasteiger partial charge < -0.3 is 14.5 Å². The van der Waals surface area contributed by atoms with Gasteiger partial charge in [-0.2, -0.15) is 0 Å². The van der Waals surface area contributed by atoms with E-state index >= 15 is 0 Å². The average molecular weight is 941 g/mol. The van der Waals surface area contributed by atoms with Crippen LogP contribution in [0.25, 0.3) is 86.9 Å². The molecule has 0 spiro atoms. The van der Waals surface area contributed by atoms with Crippen LogP contribution >= 0.6 is 0 Å². The molecule has 1 unspecified atom stereocenters. The third-order valence-corrected chi connectivity index (χ3v) is 15.4. The first-order valence-electron chi connectivity index (χ1n) is 26.1. The lowest BCUT2D eigenvalue weighted by molar-refractivity contribution is 0.217. The van der Waals surface area contributed by atoms with Crippen LogP contribution in [0.3, 0.4) is 0 Å². The van der Waals surface area contributed by atoms with Crippen molar-refractivity contribution in [3.8, 4) is 28.0 Å². The van der Waals surface area contributed by atoms with Crippen molar-refractivity contribution >= 4 is 98.8 Å². The van der Waals surface area contributed by atoms with Gasteiger partial charge in [0.2, 0.25) is 0 Å². The van der Waals surface area contributed by atoms with E-state index in [9.17, 15) is 0 Å². The molecule has 0 aliphatic carbocycles. The predicted molar refractivity (Wildman–Crippen MR) is 313 cm³/mol. The van der Waals surface area contributed by atoms with E-state index in [1.54, 1.807) is 0 Å². The van der Waals surface area contributed by atoms with E-state index in [0.717, 1.165) is 59.1 Å². The molecule has 13 aromatic carbocycles. The van der Waals surface area contributed by atoms with Crippen LogP contribution in [-0.2, 0) is 12.8 Å². The maximum atomic E-state index is 6.29. The largest absolute Gasteiger partial charge is 0.491 e. The fourth-order valence-corrected chi connectivity index (χ4v) is 11.8. The molecular weight excluding hydrogens is 885 g/mol. The maximum Gasteiger partial charge on any atom is 0.119 e. The second-order valence-corrected chi connectivity index (χ2v) is 19.6. The highest BCUT2D eigenvalue weighted by Gasteiger charge is 2.30. The minimum absolute atomic E-state index is 0.141. The van der Waals surface area contributed by atoms with Gasteiger partial charge in [0.1, 0.15) is 5.75 Å². The Labute approximate surface area is 427 Å². The van der Waals surface area contributed by atoms with E-state index in [1.165, 1.54) is 98.0 Å². The molecule has 0 amide bonds. The first-order chi connectivity index (χ1) is 36.0. The zero-order valence-corrected chi connectivity index (χ0v) is 41.9. The normalized spacial score (nSPS) is 12.2. The second-order valence-electron chi connectivity index (χ2n) is 19.6. The third-order valence-electron chi connectivity index (χ3n) is 15.4. The Morgan fingerprint density at radius 1 is 0.329 bits per heavy atom. The molecule has 0 N–H and O–H groups in total. The van der Waals surface area contributed by atoms with Crippen molar-refractivity contribution in [2.24, 2.45) is 0 Å². The summed E-state index contributed by atoms with van der Waals surface area (Å²) >= 11 is 0. The SMILES string of the molecule is CCc1ccc(N(c2ccccc2)c2ccc3c4c(-c5ccccc5)c5c6cccc7c(N(c8ccc(CC)cc8)c8ccc(OC(C)CC)cc8)ccc(c5c(-c5ccccc5)c4c4cccc2c43)c76)cc1. The number of fused-ring (bicyclic) bond motifs is 6. The lowest BCUT2D eigenvalue weighted by atomic mass is 9.87. The van der Waals surface area contributed by atoms with E-state index in [-0.39, 0.29) is 6.10 Å². The molecule has 13 rings (SSSR count). The molecule has 0 radical (unpaired) electrons. The molecule has 352 valence electrons. The van der Waals surface area contributed by atoms with Gasteiger partial charge in [0.25, 0.3) is 0 Å². The van der Waals surface area contributed by atoms with Crippen molar-refractivity contribution in [1.82, 2.24) is 0 Å². The van der Waals surface area contributed by atoms with Crippen molar-refractivity contribution in [3.63, 3.8) is 0 Å². The summed E-state index contributed by atoms with van der Waals surface area (Å²) in [6.07, 6.45) is 3.07. The molecule has 3 nitrogen and oxygen atoms in total. The van der Waals surface area contributed by atoms with E-state index in [0.29, 0.717) is 0 Å². The summed E-state index contributed by atoms with van der Waals surface area (Å²) in [5.41, 5.74) is 14.4. The molecule has 0 fully saturated rings. The minimum atomic E-state index is 0.141. The van der Waals surface area contributed by atoms with Crippen molar-refractivity contribution in [1.29, 1.82) is 0 Å². The summed E-state index contributed by atoms with van der Waals surface area (Å²) in [5.74, 6) is 0.883.